The summed E-state index contributed by atoms with van der Waals surface area (Å²) in [6, 6.07) is 7.79. The third-order valence-electron chi connectivity index (χ3n) is 4.46. The SMILES string of the molecule is COc1ccc2nc(N(CCN(C)C)C(=O)c3cc(C)n(C(C)C)n3)sc2c1. The predicted molar refractivity (Wildman–Crippen MR) is 114 cm³/mol. The maximum absolute atomic E-state index is 13.3. The Hall–Kier alpha value is -2.45. The van der Waals surface area contributed by atoms with E-state index in [0.29, 0.717) is 17.4 Å². The average molecular weight is 402 g/mol. The lowest BCUT2D eigenvalue weighted by atomic mass is 10.3. The second-order valence-corrected chi connectivity index (χ2v) is 8.31. The molecule has 0 saturated carbocycles. The van der Waals surface area contributed by atoms with E-state index < -0.39 is 0 Å². The van der Waals surface area contributed by atoms with E-state index in [1.165, 1.54) is 11.3 Å². The molecule has 0 N–H and O–H groups in total. The van der Waals surface area contributed by atoms with Gasteiger partial charge in [0.2, 0.25) is 0 Å². The molecule has 0 aliphatic heterocycles. The average Bonchev–Trinajstić information content (AvgIpc) is 3.24. The molecule has 28 heavy (non-hydrogen) atoms. The molecule has 3 aromatic rings. The van der Waals surface area contributed by atoms with Gasteiger partial charge >= 0.3 is 0 Å². The van der Waals surface area contributed by atoms with E-state index in [2.05, 4.69) is 23.8 Å². The van der Waals surface area contributed by atoms with Crippen molar-refractivity contribution in [1.82, 2.24) is 19.7 Å². The molecule has 3 rings (SSSR count). The van der Waals surface area contributed by atoms with Crippen molar-refractivity contribution in [2.45, 2.75) is 26.8 Å². The molecule has 0 saturated heterocycles. The molecule has 150 valence electrons. The van der Waals surface area contributed by atoms with Crippen molar-refractivity contribution in [2.75, 3.05) is 39.2 Å². The highest BCUT2D eigenvalue weighted by molar-refractivity contribution is 7.22. The fraction of sp³-hybridized carbons (Fsp3) is 0.450. The molecule has 0 aliphatic rings. The molecular weight excluding hydrogens is 374 g/mol. The Morgan fingerprint density at radius 2 is 2.00 bits per heavy atom. The largest absolute Gasteiger partial charge is 0.497 e. The number of rotatable bonds is 7. The van der Waals surface area contributed by atoms with Crippen molar-refractivity contribution in [1.29, 1.82) is 0 Å². The number of thiazole rings is 1. The summed E-state index contributed by atoms with van der Waals surface area (Å²) in [6.45, 7) is 7.35. The van der Waals surface area contributed by atoms with Crippen molar-refractivity contribution in [2.24, 2.45) is 0 Å². The van der Waals surface area contributed by atoms with Gasteiger partial charge in [0.1, 0.15) is 5.75 Å². The number of likely N-dealkylation sites (N-methyl/N-ethyl adjacent to an activating group) is 1. The summed E-state index contributed by atoms with van der Waals surface area (Å²) in [5.74, 6) is 0.649. The van der Waals surface area contributed by atoms with Crippen LogP contribution in [0.15, 0.2) is 24.3 Å². The van der Waals surface area contributed by atoms with Crippen LogP contribution < -0.4 is 9.64 Å². The van der Waals surface area contributed by atoms with Crippen molar-refractivity contribution < 1.29 is 9.53 Å². The topological polar surface area (TPSA) is 63.5 Å². The summed E-state index contributed by atoms with van der Waals surface area (Å²) in [4.78, 5) is 21.8. The van der Waals surface area contributed by atoms with Crippen molar-refractivity contribution in [3.05, 3.63) is 35.7 Å². The maximum Gasteiger partial charge on any atom is 0.280 e. The number of carbonyl (C=O) groups is 1. The zero-order valence-electron chi connectivity index (χ0n) is 17.3. The van der Waals surface area contributed by atoms with Gasteiger partial charge in [0.25, 0.3) is 5.91 Å². The van der Waals surface area contributed by atoms with Gasteiger partial charge in [0.05, 0.1) is 17.3 Å². The van der Waals surface area contributed by atoms with Gasteiger partial charge in [-0.15, -0.1) is 0 Å². The van der Waals surface area contributed by atoms with Gasteiger partial charge in [0, 0.05) is 24.8 Å². The number of nitrogens with zero attached hydrogens (tertiary/aromatic N) is 5. The van der Waals surface area contributed by atoms with Crippen LogP contribution in [0.3, 0.4) is 0 Å². The van der Waals surface area contributed by atoms with Gasteiger partial charge in [-0.25, -0.2) is 4.98 Å². The first kappa shape index (κ1) is 20.3. The first-order valence-electron chi connectivity index (χ1n) is 9.27. The van der Waals surface area contributed by atoms with Gasteiger partial charge in [-0.2, -0.15) is 5.10 Å². The van der Waals surface area contributed by atoms with E-state index in [0.717, 1.165) is 28.2 Å². The number of benzene rings is 1. The molecular formula is C20H27N5O2S. The van der Waals surface area contributed by atoms with Crippen LogP contribution in [0.4, 0.5) is 5.13 Å². The molecule has 0 radical (unpaired) electrons. The third-order valence-corrected chi connectivity index (χ3v) is 5.50. The molecule has 0 bridgehead atoms. The van der Waals surface area contributed by atoms with Gasteiger partial charge in [0.15, 0.2) is 10.8 Å². The van der Waals surface area contributed by atoms with Crippen LogP contribution in [-0.2, 0) is 0 Å². The Bertz CT molecular complexity index is 976. The van der Waals surface area contributed by atoms with Crippen LogP contribution in [0.25, 0.3) is 10.2 Å². The highest BCUT2D eigenvalue weighted by Gasteiger charge is 2.24. The lowest BCUT2D eigenvalue weighted by Crippen LogP contribution is -2.37. The summed E-state index contributed by atoms with van der Waals surface area (Å²) in [6.07, 6.45) is 0. The molecule has 0 fully saturated rings. The molecule has 7 nitrogen and oxygen atoms in total. The zero-order chi connectivity index (χ0) is 20.4. The summed E-state index contributed by atoms with van der Waals surface area (Å²) in [7, 11) is 5.62. The van der Waals surface area contributed by atoms with E-state index in [9.17, 15) is 4.79 Å². The van der Waals surface area contributed by atoms with Crippen LogP contribution in [-0.4, -0.2) is 59.9 Å². The van der Waals surface area contributed by atoms with Crippen LogP contribution >= 0.6 is 11.3 Å². The van der Waals surface area contributed by atoms with Crippen molar-refractivity contribution >= 4 is 32.6 Å². The molecule has 0 spiro atoms. The molecule has 2 aromatic heterocycles. The van der Waals surface area contributed by atoms with Gasteiger partial charge in [-0.3, -0.25) is 14.4 Å². The molecule has 1 aromatic carbocycles. The monoisotopic (exact) mass is 401 g/mol. The van der Waals surface area contributed by atoms with E-state index in [1.54, 1.807) is 12.0 Å². The minimum absolute atomic E-state index is 0.129. The first-order valence-corrected chi connectivity index (χ1v) is 10.1. The number of hydrogen-bond donors (Lipinski definition) is 0. The van der Waals surface area contributed by atoms with Crippen LogP contribution in [0.2, 0.25) is 0 Å². The number of hydrogen-bond acceptors (Lipinski definition) is 6. The number of ether oxygens (including phenoxy) is 1. The summed E-state index contributed by atoms with van der Waals surface area (Å²) >= 11 is 1.49. The van der Waals surface area contributed by atoms with Crippen LogP contribution in [0.1, 0.15) is 36.1 Å². The Kier molecular flexibility index (Phi) is 6.00. The fourth-order valence-corrected chi connectivity index (χ4v) is 3.99. The van der Waals surface area contributed by atoms with Gasteiger partial charge in [-0.05, 0) is 59.1 Å². The number of methoxy groups -OCH3 is 1. The second-order valence-electron chi connectivity index (χ2n) is 7.30. The minimum Gasteiger partial charge on any atom is -0.497 e. The Morgan fingerprint density at radius 1 is 1.25 bits per heavy atom. The van der Waals surface area contributed by atoms with E-state index >= 15 is 0 Å². The molecule has 0 atom stereocenters. The third kappa shape index (κ3) is 4.18. The summed E-state index contributed by atoms with van der Waals surface area (Å²) < 4.78 is 8.17. The highest BCUT2D eigenvalue weighted by atomic mass is 32.1. The normalized spacial score (nSPS) is 11.6. The van der Waals surface area contributed by atoms with Crippen LogP contribution in [0.5, 0.6) is 5.75 Å². The Labute approximate surface area is 169 Å². The van der Waals surface area contributed by atoms with Gasteiger partial charge < -0.3 is 9.64 Å². The Balaban J connectivity index is 1.98. The quantitative estimate of drug-likeness (QED) is 0.605. The molecule has 8 heteroatoms. The van der Waals surface area contributed by atoms with Crippen LogP contribution in [0, 0.1) is 6.92 Å². The standard InChI is InChI=1S/C20H27N5O2S/c1-13(2)25-14(3)11-17(22-25)19(26)24(10-9-23(4)5)20-21-16-8-7-15(27-6)12-18(16)28-20/h7-8,11-13H,9-10H2,1-6H3. The van der Waals surface area contributed by atoms with E-state index in [4.69, 9.17) is 9.72 Å². The number of anilines is 1. The first-order chi connectivity index (χ1) is 13.3. The number of aromatic nitrogens is 3. The molecule has 1 amide bonds. The number of aryl methyl sites for hydroxylation is 1. The molecule has 0 unspecified atom stereocenters. The fourth-order valence-electron chi connectivity index (χ4n) is 2.97. The van der Waals surface area contributed by atoms with Crippen molar-refractivity contribution in [3.8, 4) is 5.75 Å². The number of fused-ring (bicyclic) bond motifs is 1. The maximum atomic E-state index is 13.3. The number of carbonyl (C=O) groups excluding carboxylic acids is 1. The molecule has 2 heterocycles. The zero-order valence-corrected chi connectivity index (χ0v) is 18.1. The Morgan fingerprint density at radius 3 is 2.61 bits per heavy atom. The smallest absolute Gasteiger partial charge is 0.280 e. The summed E-state index contributed by atoms with van der Waals surface area (Å²) in [5, 5.41) is 5.21. The van der Waals surface area contributed by atoms with Crippen molar-refractivity contribution in [3.63, 3.8) is 0 Å². The number of amides is 1. The van der Waals surface area contributed by atoms with Gasteiger partial charge in [-0.1, -0.05) is 11.3 Å². The second kappa shape index (κ2) is 8.28. The predicted octanol–water partition coefficient (Wildman–Crippen LogP) is 3.60. The lowest BCUT2D eigenvalue weighted by Gasteiger charge is -2.21. The van der Waals surface area contributed by atoms with E-state index in [1.807, 2.05) is 50.0 Å². The minimum atomic E-state index is -0.129. The molecule has 0 aliphatic carbocycles. The van der Waals surface area contributed by atoms with E-state index in [-0.39, 0.29) is 11.9 Å². The highest BCUT2D eigenvalue weighted by Crippen LogP contribution is 2.32. The lowest BCUT2D eigenvalue weighted by molar-refractivity contribution is 0.0979. The summed E-state index contributed by atoms with van der Waals surface area (Å²) in [5.41, 5.74) is 2.27.